The fourth-order valence-electron chi connectivity index (χ4n) is 3.23. The zero-order chi connectivity index (χ0) is 16.2. The van der Waals surface area contributed by atoms with Crippen molar-refractivity contribution in [1.82, 2.24) is 9.97 Å². The van der Waals surface area contributed by atoms with Crippen LogP contribution < -0.4 is 16.4 Å². The van der Waals surface area contributed by atoms with Crippen LogP contribution in [0.4, 0.5) is 11.8 Å². The number of hydrogen-bond donors (Lipinski definition) is 3. The molecule has 0 bridgehead atoms. The van der Waals surface area contributed by atoms with Gasteiger partial charge in [-0.1, -0.05) is 12.1 Å². The minimum Gasteiger partial charge on any atom is -0.372 e. The lowest BCUT2D eigenvalue weighted by Gasteiger charge is -2.26. The van der Waals surface area contributed by atoms with E-state index in [1.54, 1.807) is 0 Å². The number of primary amides is 1. The van der Waals surface area contributed by atoms with Crippen molar-refractivity contribution >= 4 is 28.6 Å². The number of amides is 1. The van der Waals surface area contributed by atoms with Gasteiger partial charge in [0, 0.05) is 24.9 Å². The van der Waals surface area contributed by atoms with E-state index < -0.39 is 0 Å². The van der Waals surface area contributed by atoms with Gasteiger partial charge in [0.15, 0.2) is 0 Å². The third kappa shape index (κ3) is 3.52. The maximum absolute atomic E-state index is 11.2. The van der Waals surface area contributed by atoms with Gasteiger partial charge in [0.1, 0.15) is 5.82 Å². The highest BCUT2D eigenvalue weighted by atomic mass is 16.1. The number of fused-ring (bicyclic) bond motifs is 1. The first kappa shape index (κ1) is 15.5. The van der Waals surface area contributed by atoms with Gasteiger partial charge in [0.25, 0.3) is 0 Å². The normalized spacial score (nSPS) is 21.1. The van der Waals surface area contributed by atoms with Crippen LogP contribution >= 0.6 is 0 Å². The summed E-state index contributed by atoms with van der Waals surface area (Å²) in [5.41, 5.74) is 6.30. The number of nitrogens with zero attached hydrogens (tertiary/aromatic N) is 2. The standard InChI is InChI=1S/C17H23N5O/c1-19-16-13-4-2-3-5-14(13)21-17(22-16)20-10-11-6-8-12(9-7-11)15(18)23/h2-5,11-12H,6-10H2,1H3,(H2,18,23)(H2,19,20,21,22). The lowest BCUT2D eigenvalue weighted by atomic mass is 9.82. The van der Waals surface area contributed by atoms with Gasteiger partial charge in [-0.3, -0.25) is 4.79 Å². The molecule has 0 radical (unpaired) electrons. The summed E-state index contributed by atoms with van der Waals surface area (Å²) in [7, 11) is 1.86. The highest BCUT2D eigenvalue weighted by Gasteiger charge is 2.24. The molecule has 1 heterocycles. The van der Waals surface area contributed by atoms with E-state index in [-0.39, 0.29) is 11.8 Å². The number of anilines is 2. The van der Waals surface area contributed by atoms with Crippen LogP contribution in [0, 0.1) is 11.8 Å². The van der Waals surface area contributed by atoms with E-state index in [2.05, 4.69) is 20.6 Å². The summed E-state index contributed by atoms with van der Waals surface area (Å²) in [5, 5.41) is 7.49. The van der Waals surface area contributed by atoms with Crippen molar-refractivity contribution in [1.29, 1.82) is 0 Å². The van der Waals surface area contributed by atoms with Crippen LogP contribution in [0.5, 0.6) is 0 Å². The number of nitrogens with one attached hydrogen (secondary N) is 2. The molecular formula is C17H23N5O. The molecule has 122 valence electrons. The molecule has 0 spiro atoms. The van der Waals surface area contributed by atoms with Crippen molar-refractivity contribution in [3.05, 3.63) is 24.3 Å². The van der Waals surface area contributed by atoms with Crippen molar-refractivity contribution < 1.29 is 4.79 Å². The summed E-state index contributed by atoms with van der Waals surface area (Å²) < 4.78 is 0. The van der Waals surface area contributed by atoms with Crippen LogP contribution in [0.25, 0.3) is 10.9 Å². The molecule has 0 saturated heterocycles. The van der Waals surface area contributed by atoms with Crippen LogP contribution in [0.2, 0.25) is 0 Å². The molecular weight excluding hydrogens is 290 g/mol. The van der Waals surface area contributed by atoms with Crippen molar-refractivity contribution in [2.75, 3.05) is 24.2 Å². The molecule has 0 unspecified atom stereocenters. The summed E-state index contributed by atoms with van der Waals surface area (Å²) in [5.74, 6) is 1.91. The fraction of sp³-hybridized carbons (Fsp3) is 0.471. The Morgan fingerprint density at radius 3 is 2.65 bits per heavy atom. The SMILES string of the molecule is CNc1nc(NCC2CCC(C(N)=O)CC2)nc2ccccc12. The molecule has 0 aliphatic heterocycles. The quantitative estimate of drug-likeness (QED) is 0.788. The zero-order valence-electron chi connectivity index (χ0n) is 13.4. The van der Waals surface area contributed by atoms with E-state index >= 15 is 0 Å². The fourth-order valence-corrected chi connectivity index (χ4v) is 3.23. The predicted molar refractivity (Wildman–Crippen MR) is 92.2 cm³/mol. The number of rotatable bonds is 5. The van der Waals surface area contributed by atoms with E-state index in [1.165, 1.54) is 0 Å². The summed E-state index contributed by atoms with van der Waals surface area (Å²) in [6, 6.07) is 7.96. The van der Waals surface area contributed by atoms with Gasteiger partial charge in [0.05, 0.1) is 5.52 Å². The largest absolute Gasteiger partial charge is 0.372 e. The third-order valence-electron chi connectivity index (χ3n) is 4.64. The number of para-hydroxylation sites is 1. The Kier molecular flexibility index (Phi) is 4.60. The molecule has 23 heavy (non-hydrogen) atoms. The van der Waals surface area contributed by atoms with Crippen LogP contribution in [0.1, 0.15) is 25.7 Å². The molecule has 2 aromatic rings. The maximum Gasteiger partial charge on any atom is 0.225 e. The molecule has 1 aliphatic carbocycles. The first-order valence-electron chi connectivity index (χ1n) is 8.15. The van der Waals surface area contributed by atoms with E-state index in [9.17, 15) is 4.79 Å². The molecule has 1 amide bonds. The minimum absolute atomic E-state index is 0.0547. The Labute approximate surface area is 135 Å². The van der Waals surface area contributed by atoms with Crippen molar-refractivity contribution in [3.63, 3.8) is 0 Å². The Morgan fingerprint density at radius 1 is 1.22 bits per heavy atom. The molecule has 3 rings (SSSR count). The second-order valence-electron chi connectivity index (χ2n) is 6.16. The summed E-state index contributed by atoms with van der Waals surface area (Å²) >= 11 is 0. The molecule has 1 aromatic carbocycles. The van der Waals surface area contributed by atoms with Gasteiger partial charge in [-0.15, -0.1) is 0 Å². The number of carbonyl (C=O) groups excluding carboxylic acids is 1. The molecule has 1 aromatic heterocycles. The number of carbonyl (C=O) groups is 1. The van der Waals surface area contributed by atoms with Crippen molar-refractivity contribution in [2.24, 2.45) is 17.6 Å². The topological polar surface area (TPSA) is 92.9 Å². The monoisotopic (exact) mass is 313 g/mol. The highest BCUT2D eigenvalue weighted by Crippen LogP contribution is 2.29. The first-order valence-corrected chi connectivity index (χ1v) is 8.15. The molecule has 1 fully saturated rings. The second kappa shape index (κ2) is 6.81. The van der Waals surface area contributed by atoms with Gasteiger partial charge in [-0.2, -0.15) is 4.98 Å². The second-order valence-corrected chi connectivity index (χ2v) is 6.16. The average Bonchev–Trinajstić information content (AvgIpc) is 2.59. The van der Waals surface area contributed by atoms with Crippen LogP contribution in [0.15, 0.2) is 24.3 Å². The van der Waals surface area contributed by atoms with Crippen molar-refractivity contribution in [3.8, 4) is 0 Å². The van der Waals surface area contributed by atoms with Crippen LogP contribution in [0.3, 0.4) is 0 Å². The lowest BCUT2D eigenvalue weighted by Crippen LogP contribution is -2.29. The van der Waals surface area contributed by atoms with E-state index in [0.717, 1.165) is 48.9 Å². The predicted octanol–water partition coefficient (Wildman–Crippen LogP) is 2.38. The van der Waals surface area contributed by atoms with Crippen molar-refractivity contribution in [2.45, 2.75) is 25.7 Å². The minimum atomic E-state index is -0.159. The van der Waals surface area contributed by atoms with Gasteiger partial charge in [-0.05, 0) is 43.7 Å². The molecule has 6 nitrogen and oxygen atoms in total. The van der Waals surface area contributed by atoms with Gasteiger partial charge in [0.2, 0.25) is 11.9 Å². The molecule has 4 N–H and O–H groups in total. The molecule has 0 atom stereocenters. The molecule has 6 heteroatoms. The molecule has 1 saturated carbocycles. The Balaban J connectivity index is 1.65. The van der Waals surface area contributed by atoms with E-state index in [1.807, 2.05) is 31.3 Å². The smallest absolute Gasteiger partial charge is 0.225 e. The average molecular weight is 313 g/mol. The number of aromatic nitrogens is 2. The van der Waals surface area contributed by atoms with Gasteiger partial charge >= 0.3 is 0 Å². The Hall–Kier alpha value is -2.37. The summed E-state index contributed by atoms with van der Waals surface area (Å²) in [6.45, 7) is 0.826. The summed E-state index contributed by atoms with van der Waals surface area (Å²) in [6.07, 6.45) is 3.82. The third-order valence-corrected chi connectivity index (χ3v) is 4.64. The van der Waals surface area contributed by atoms with Gasteiger partial charge in [-0.25, -0.2) is 4.98 Å². The van der Waals surface area contributed by atoms with E-state index in [0.29, 0.717) is 11.9 Å². The van der Waals surface area contributed by atoms with E-state index in [4.69, 9.17) is 5.73 Å². The number of benzene rings is 1. The first-order chi connectivity index (χ1) is 11.2. The number of hydrogen-bond acceptors (Lipinski definition) is 5. The number of nitrogens with two attached hydrogens (primary N) is 1. The highest BCUT2D eigenvalue weighted by molar-refractivity contribution is 5.89. The Bertz CT molecular complexity index is 694. The van der Waals surface area contributed by atoms with Crippen LogP contribution in [-0.2, 0) is 4.79 Å². The maximum atomic E-state index is 11.2. The Morgan fingerprint density at radius 2 is 1.96 bits per heavy atom. The molecule has 1 aliphatic rings. The van der Waals surface area contributed by atoms with Gasteiger partial charge < -0.3 is 16.4 Å². The zero-order valence-corrected chi connectivity index (χ0v) is 13.4. The summed E-state index contributed by atoms with van der Waals surface area (Å²) in [4.78, 5) is 20.3. The van der Waals surface area contributed by atoms with Crippen LogP contribution in [-0.4, -0.2) is 29.5 Å². The lowest BCUT2D eigenvalue weighted by molar-refractivity contribution is -0.122.